The first-order valence-corrected chi connectivity index (χ1v) is 7.28. The van der Waals surface area contributed by atoms with Crippen molar-refractivity contribution in [3.8, 4) is 0 Å². The lowest BCUT2D eigenvalue weighted by Crippen LogP contribution is -2.50. The molecule has 0 bridgehead atoms. The van der Waals surface area contributed by atoms with Crippen LogP contribution in [0.15, 0.2) is 0 Å². The van der Waals surface area contributed by atoms with Crippen molar-refractivity contribution in [2.24, 2.45) is 0 Å². The smallest absolute Gasteiger partial charge is 0.0829 e. The molecule has 0 aromatic carbocycles. The molecule has 0 amide bonds. The van der Waals surface area contributed by atoms with Gasteiger partial charge in [-0.05, 0) is 27.8 Å². The van der Waals surface area contributed by atoms with E-state index in [0.717, 1.165) is 31.6 Å². The van der Waals surface area contributed by atoms with Gasteiger partial charge in [0.1, 0.15) is 0 Å². The minimum Gasteiger partial charge on any atom is -0.374 e. The Bertz CT molecular complexity index is 201. The van der Waals surface area contributed by atoms with Crippen LogP contribution in [0, 0.1) is 0 Å². The molecule has 0 radical (unpaired) electrons. The summed E-state index contributed by atoms with van der Waals surface area (Å²) in [6.45, 7) is 10.8. The van der Waals surface area contributed by atoms with Gasteiger partial charge >= 0.3 is 0 Å². The van der Waals surface area contributed by atoms with Crippen LogP contribution in [0.2, 0.25) is 0 Å². The van der Waals surface area contributed by atoms with Crippen molar-refractivity contribution in [1.29, 1.82) is 0 Å². The zero-order valence-electron chi connectivity index (χ0n) is 10.9. The Balaban J connectivity index is 2.36. The standard InChI is InChI=1S/C12H25BrN2O/c1-10(2)15-5-6-16-12(9-15)8-14(4)11(3)7-13/h10-12H,5-9H2,1-4H3. The van der Waals surface area contributed by atoms with E-state index in [4.69, 9.17) is 4.74 Å². The van der Waals surface area contributed by atoms with E-state index < -0.39 is 0 Å². The van der Waals surface area contributed by atoms with Gasteiger partial charge in [0.2, 0.25) is 0 Å². The highest BCUT2D eigenvalue weighted by Crippen LogP contribution is 2.11. The quantitative estimate of drug-likeness (QED) is 0.719. The maximum absolute atomic E-state index is 5.83. The second kappa shape index (κ2) is 6.94. The molecule has 1 aliphatic rings. The average Bonchev–Trinajstić information content (AvgIpc) is 2.28. The number of alkyl halides is 1. The number of nitrogens with zero attached hydrogens (tertiary/aromatic N) is 2. The molecule has 0 aromatic heterocycles. The van der Waals surface area contributed by atoms with Crippen LogP contribution in [0.5, 0.6) is 0 Å². The fourth-order valence-corrected chi connectivity index (χ4v) is 2.43. The van der Waals surface area contributed by atoms with Gasteiger partial charge in [-0.15, -0.1) is 0 Å². The first kappa shape index (κ1) is 14.4. The highest BCUT2D eigenvalue weighted by Gasteiger charge is 2.24. The van der Waals surface area contributed by atoms with Crippen molar-refractivity contribution in [1.82, 2.24) is 9.80 Å². The summed E-state index contributed by atoms with van der Waals surface area (Å²) in [5.41, 5.74) is 0. The number of morpholine rings is 1. The minimum atomic E-state index is 0.364. The van der Waals surface area contributed by atoms with E-state index in [0.29, 0.717) is 18.2 Å². The molecule has 1 aliphatic heterocycles. The highest BCUT2D eigenvalue weighted by atomic mass is 79.9. The Morgan fingerprint density at radius 1 is 1.44 bits per heavy atom. The summed E-state index contributed by atoms with van der Waals surface area (Å²) in [4.78, 5) is 4.87. The van der Waals surface area contributed by atoms with Gasteiger partial charge in [0, 0.05) is 37.0 Å². The molecule has 96 valence electrons. The summed E-state index contributed by atoms with van der Waals surface area (Å²) in [6, 6.07) is 1.20. The van der Waals surface area contributed by atoms with Gasteiger partial charge in [-0.1, -0.05) is 15.9 Å². The molecule has 0 aromatic rings. The lowest BCUT2D eigenvalue weighted by atomic mass is 10.2. The van der Waals surface area contributed by atoms with E-state index >= 15 is 0 Å². The van der Waals surface area contributed by atoms with Gasteiger partial charge in [0.25, 0.3) is 0 Å². The number of hydrogen-bond acceptors (Lipinski definition) is 3. The molecule has 0 aliphatic carbocycles. The van der Waals surface area contributed by atoms with Crippen LogP contribution in [0.25, 0.3) is 0 Å². The molecule has 0 saturated carbocycles. The van der Waals surface area contributed by atoms with Crippen molar-refractivity contribution in [2.75, 3.05) is 38.6 Å². The summed E-state index contributed by atoms with van der Waals surface area (Å²) in [5.74, 6) is 0. The zero-order chi connectivity index (χ0) is 12.1. The number of hydrogen-bond donors (Lipinski definition) is 0. The van der Waals surface area contributed by atoms with Crippen molar-refractivity contribution in [3.63, 3.8) is 0 Å². The molecular formula is C12H25BrN2O. The van der Waals surface area contributed by atoms with E-state index in [1.165, 1.54) is 0 Å². The maximum atomic E-state index is 5.83. The second-order valence-corrected chi connectivity index (χ2v) is 5.67. The van der Waals surface area contributed by atoms with Crippen LogP contribution in [0.4, 0.5) is 0 Å². The van der Waals surface area contributed by atoms with Crippen LogP contribution in [0.3, 0.4) is 0 Å². The number of halogens is 1. The molecule has 2 atom stereocenters. The lowest BCUT2D eigenvalue weighted by molar-refractivity contribution is -0.0520. The predicted octanol–water partition coefficient (Wildman–Crippen LogP) is 1.81. The zero-order valence-corrected chi connectivity index (χ0v) is 12.5. The van der Waals surface area contributed by atoms with Crippen LogP contribution in [-0.4, -0.2) is 66.6 Å². The molecule has 16 heavy (non-hydrogen) atoms. The van der Waals surface area contributed by atoms with Crippen molar-refractivity contribution in [2.45, 2.75) is 39.0 Å². The van der Waals surface area contributed by atoms with E-state index in [1.807, 2.05) is 0 Å². The average molecular weight is 293 g/mol. The van der Waals surface area contributed by atoms with Gasteiger partial charge in [-0.2, -0.15) is 0 Å². The first-order chi connectivity index (χ1) is 7.54. The fourth-order valence-electron chi connectivity index (χ4n) is 1.94. The van der Waals surface area contributed by atoms with Crippen LogP contribution >= 0.6 is 15.9 Å². The lowest BCUT2D eigenvalue weighted by Gasteiger charge is -2.37. The monoisotopic (exact) mass is 292 g/mol. The van der Waals surface area contributed by atoms with Gasteiger partial charge < -0.3 is 9.64 Å². The van der Waals surface area contributed by atoms with Crippen molar-refractivity contribution in [3.05, 3.63) is 0 Å². The Labute approximate surface area is 108 Å². The van der Waals surface area contributed by atoms with Gasteiger partial charge in [-0.25, -0.2) is 0 Å². The maximum Gasteiger partial charge on any atom is 0.0829 e. The Morgan fingerprint density at radius 2 is 2.12 bits per heavy atom. The van der Waals surface area contributed by atoms with Crippen molar-refractivity contribution >= 4 is 15.9 Å². The molecule has 3 nitrogen and oxygen atoms in total. The SMILES string of the molecule is CC(CBr)N(C)CC1CN(C(C)C)CCO1. The minimum absolute atomic E-state index is 0.364. The van der Waals surface area contributed by atoms with Gasteiger partial charge in [0.15, 0.2) is 0 Å². The number of likely N-dealkylation sites (N-methyl/N-ethyl adjacent to an activating group) is 1. The Morgan fingerprint density at radius 3 is 2.69 bits per heavy atom. The summed E-state index contributed by atoms with van der Waals surface area (Å²) in [7, 11) is 2.17. The summed E-state index contributed by atoms with van der Waals surface area (Å²) in [6.07, 6.45) is 0.364. The normalized spacial score (nSPS) is 25.3. The van der Waals surface area contributed by atoms with E-state index in [-0.39, 0.29) is 0 Å². The van der Waals surface area contributed by atoms with E-state index in [9.17, 15) is 0 Å². The molecule has 1 saturated heterocycles. The predicted molar refractivity (Wildman–Crippen MR) is 72.3 cm³/mol. The molecule has 0 N–H and O–H groups in total. The molecule has 0 spiro atoms. The van der Waals surface area contributed by atoms with Crippen LogP contribution in [0.1, 0.15) is 20.8 Å². The fraction of sp³-hybridized carbons (Fsp3) is 1.00. The number of ether oxygens (including phenoxy) is 1. The molecule has 2 unspecified atom stereocenters. The first-order valence-electron chi connectivity index (χ1n) is 6.16. The largest absolute Gasteiger partial charge is 0.374 e. The van der Waals surface area contributed by atoms with E-state index in [1.54, 1.807) is 0 Å². The molecule has 1 heterocycles. The van der Waals surface area contributed by atoms with E-state index in [2.05, 4.69) is 53.5 Å². The summed E-state index contributed by atoms with van der Waals surface area (Å²) in [5, 5.41) is 1.02. The van der Waals surface area contributed by atoms with Crippen molar-refractivity contribution < 1.29 is 4.74 Å². The molecule has 4 heteroatoms. The third-order valence-corrected chi connectivity index (χ3v) is 4.30. The van der Waals surface area contributed by atoms with Gasteiger partial charge in [0.05, 0.1) is 12.7 Å². The van der Waals surface area contributed by atoms with Gasteiger partial charge in [-0.3, -0.25) is 4.90 Å². The molecule has 1 rings (SSSR count). The second-order valence-electron chi connectivity index (χ2n) is 5.02. The number of rotatable bonds is 5. The summed E-state index contributed by atoms with van der Waals surface area (Å²) < 4.78 is 5.83. The molecular weight excluding hydrogens is 268 g/mol. The highest BCUT2D eigenvalue weighted by molar-refractivity contribution is 9.09. The molecule has 1 fully saturated rings. The topological polar surface area (TPSA) is 15.7 Å². The Hall–Kier alpha value is 0.360. The van der Waals surface area contributed by atoms with Crippen LogP contribution < -0.4 is 0 Å². The summed E-state index contributed by atoms with van der Waals surface area (Å²) >= 11 is 3.52. The van der Waals surface area contributed by atoms with Crippen LogP contribution in [-0.2, 0) is 4.74 Å². The third-order valence-electron chi connectivity index (χ3n) is 3.37. The third kappa shape index (κ3) is 4.32. The Kier molecular flexibility index (Phi) is 6.26.